The minimum absolute atomic E-state index is 0.257. The second kappa shape index (κ2) is 5.27. The zero-order valence-corrected chi connectivity index (χ0v) is 12.0. The summed E-state index contributed by atoms with van der Waals surface area (Å²) < 4.78 is 18.6. The number of nitrogens with two attached hydrogens (primary N) is 1. The first-order valence-corrected chi connectivity index (χ1v) is 6.87. The van der Waals surface area contributed by atoms with E-state index in [0.717, 1.165) is 31.6 Å². The molecule has 1 aliphatic heterocycles. The van der Waals surface area contributed by atoms with Crippen LogP contribution < -0.4 is 15.4 Å². The van der Waals surface area contributed by atoms with Gasteiger partial charge in [-0.3, -0.25) is 0 Å². The molecule has 0 aromatic heterocycles. The zero-order chi connectivity index (χ0) is 14.0. The van der Waals surface area contributed by atoms with Gasteiger partial charge >= 0.3 is 0 Å². The van der Waals surface area contributed by atoms with Gasteiger partial charge in [0.25, 0.3) is 0 Å². The molecule has 0 unspecified atom stereocenters. The number of methoxy groups -OCH3 is 1. The predicted octanol–water partition coefficient (Wildman–Crippen LogP) is 3.43. The fourth-order valence-corrected chi connectivity index (χ4v) is 2.63. The van der Waals surface area contributed by atoms with E-state index >= 15 is 0 Å². The van der Waals surface area contributed by atoms with Crippen LogP contribution in [0.4, 0.5) is 15.8 Å². The van der Waals surface area contributed by atoms with Crippen molar-refractivity contribution in [3.63, 3.8) is 0 Å². The van der Waals surface area contributed by atoms with Crippen LogP contribution in [0.15, 0.2) is 12.1 Å². The van der Waals surface area contributed by atoms with Crippen LogP contribution in [0.3, 0.4) is 0 Å². The third kappa shape index (κ3) is 2.77. The summed E-state index contributed by atoms with van der Waals surface area (Å²) in [7, 11) is 1.47. The van der Waals surface area contributed by atoms with E-state index in [2.05, 4.69) is 18.7 Å². The maximum Gasteiger partial charge on any atom is 0.167 e. The summed E-state index contributed by atoms with van der Waals surface area (Å²) in [6.45, 7) is 6.50. The number of nitrogens with zero attached hydrogens (tertiary/aromatic N) is 1. The van der Waals surface area contributed by atoms with Gasteiger partial charge < -0.3 is 15.4 Å². The average molecular weight is 266 g/mol. The molecule has 1 aromatic carbocycles. The van der Waals surface area contributed by atoms with Gasteiger partial charge in [0.2, 0.25) is 0 Å². The highest BCUT2D eigenvalue weighted by molar-refractivity contribution is 5.70. The van der Waals surface area contributed by atoms with Crippen LogP contribution in [-0.2, 0) is 0 Å². The van der Waals surface area contributed by atoms with Crippen LogP contribution in [0.25, 0.3) is 0 Å². The molecule has 1 fully saturated rings. The molecular weight excluding hydrogens is 243 g/mol. The van der Waals surface area contributed by atoms with Gasteiger partial charge in [-0.05, 0) is 18.3 Å². The Balaban J connectivity index is 2.20. The zero-order valence-electron chi connectivity index (χ0n) is 12.0. The number of piperidine rings is 1. The Bertz CT molecular complexity index is 454. The molecule has 4 heteroatoms. The Morgan fingerprint density at radius 1 is 1.37 bits per heavy atom. The SMILES string of the molecule is CCC1(C)CCN(c2cc(OC)c(F)cc2N)CC1. The number of ether oxygens (including phenoxy) is 1. The Morgan fingerprint density at radius 3 is 2.53 bits per heavy atom. The summed E-state index contributed by atoms with van der Waals surface area (Å²) in [5, 5.41) is 0. The van der Waals surface area contributed by atoms with Crippen molar-refractivity contribution >= 4 is 11.4 Å². The van der Waals surface area contributed by atoms with E-state index in [0.29, 0.717) is 11.1 Å². The molecule has 0 aliphatic carbocycles. The quantitative estimate of drug-likeness (QED) is 0.852. The van der Waals surface area contributed by atoms with E-state index in [-0.39, 0.29) is 5.75 Å². The fraction of sp³-hybridized carbons (Fsp3) is 0.600. The molecule has 3 nitrogen and oxygen atoms in total. The van der Waals surface area contributed by atoms with Crippen LogP contribution >= 0.6 is 0 Å². The second-order valence-corrected chi connectivity index (χ2v) is 5.70. The van der Waals surface area contributed by atoms with E-state index in [1.807, 2.05) is 0 Å². The molecule has 2 N–H and O–H groups in total. The lowest BCUT2D eigenvalue weighted by Crippen LogP contribution is -2.38. The molecular formula is C15H23FN2O. The van der Waals surface area contributed by atoms with Crippen molar-refractivity contribution in [3.8, 4) is 5.75 Å². The lowest BCUT2D eigenvalue weighted by molar-refractivity contribution is 0.238. The Hall–Kier alpha value is -1.45. The van der Waals surface area contributed by atoms with E-state index in [9.17, 15) is 4.39 Å². The van der Waals surface area contributed by atoms with Crippen LogP contribution in [0, 0.1) is 11.2 Å². The van der Waals surface area contributed by atoms with Crippen LogP contribution in [0.2, 0.25) is 0 Å². The summed E-state index contributed by atoms with van der Waals surface area (Å²) in [5.74, 6) is -0.146. The number of anilines is 2. The summed E-state index contributed by atoms with van der Waals surface area (Å²) in [6, 6.07) is 3.06. The van der Waals surface area contributed by atoms with Crippen molar-refractivity contribution in [2.75, 3.05) is 30.8 Å². The molecule has 1 heterocycles. The molecule has 0 radical (unpaired) electrons. The molecule has 0 spiro atoms. The highest BCUT2D eigenvalue weighted by atomic mass is 19.1. The van der Waals surface area contributed by atoms with Gasteiger partial charge in [0, 0.05) is 25.2 Å². The number of halogens is 1. The number of rotatable bonds is 3. The molecule has 0 amide bonds. The molecule has 106 valence electrons. The Morgan fingerprint density at radius 2 is 2.00 bits per heavy atom. The first kappa shape index (κ1) is 14.0. The van der Waals surface area contributed by atoms with Crippen molar-refractivity contribution in [2.24, 2.45) is 5.41 Å². The minimum Gasteiger partial charge on any atom is -0.494 e. The highest BCUT2D eigenvalue weighted by Crippen LogP contribution is 2.38. The van der Waals surface area contributed by atoms with Gasteiger partial charge in [0.05, 0.1) is 18.5 Å². The fourth-order valence-electron chi connectivity index (χ4n) is 2.63. The monoisotopic (exact) mass is 266 g/mol. The number of benzene rings is 1. The van der Waals surface area contributed by atoms with Gasteiger partial charge in [-0.1, -0.05) is 20.3 Å². The molecule has 19 heavy (non-hydrogen) atoms. The van der Waals surface area contributed by atoms with E-state index in [1.54, 1.807) is 6.07 Å². The molecule has 0 bridgehead atoms. The van der Waals surface area contributed by atoms with Gasteiger partial charge in [0.15, 0.2) is 11.6 Å². The third-order valence-electron chi connectivity index (χ3n) is 4.47. The van der Waals surface area contributed by atoms with Crippen molar-refractivity contribution in [1.29, 1.82) is 0 Å². The lowest BCUT2D eigenvalue weighted by atomic mass is 9.78. The van der Waals surface area contributed by atoms with Gasteiger partial charge in [-0.25, -0.2) is 4.39 Å². The first-order valence-electron chi connectivity index (χ1n) is 6.87. The highest BCUT2D eigenvalue weighted by Gasteiger charge is 2.29. The first-order chi connectivity index (χ1) is 8.99. The van der Waals surface area contributed by atoms with Crippen LogP contribution in [-0.4, -0.2) is 20.2 Å². The summed E-state index contributed by atoms with van der Waals surface area (Å²) in [4.78, 5) is 2.23. The molecule has 1 saturated heterocycles. The Kier molecular flexibility index (Phi) is 3.88. The van der Waals surface area contributed by atoms with Crippen molar-refractivity contribution in [1.82, 2.24) is 0 Å². The van der Waals surface area contributed by atoms with Crippen LogP contribution in [0.1, 0.15) is 33.1 Å². The summed E-state index contributed by atoms with van der Waals surface area (Å²) in [5.41, 5.74) is 7.73. The molecule has 2 rings (SSSR count). The van der Waals surface area contributed by atoms with Gasteiger partial charge in [-0.15, -0.1) is 0 Å². The number of hydrogen-bond donors (Lipinski definition) is 1. The van der Waals surface area contributed by atoms with Crippen molar-refractivity contribution < 1.29 is 9.13 Å². The summed E-state index contributed by atoms with van der Waals surface area (Å²) >= 11 is 0. The average Bonchev–Trinajstić information content (AvgIpc) is 2.40. The van der Waals surface area contributed by atoms with E-state index in [1.165, 1.54) is 19.6 Å². The maximum absolute atomic E-state index is 13.6. The van der Waals surface area contributed by atoms with Crippen molar-refractivity contribution in [3.05, 3.63) is 17.9 Å². The number of hydrogen-bond acceptors (Lipinski definition) is 3. The minimum atomic E-state index is -0.404. The second-order valence-electron chi connectivity index (χ2n) is 5.70. The smallest absolute Gasteiger partial charge is 0.167 e. The maximum atomic E-state index is 13.6. The van der Waals surface area contributed by atoms with Crippen molar-refractivity contribution in [2.45, 2.75) is 33.1 Å². The molecule has 0 saturated carbocycles. The number of nitrogen functional groups attached to an aromatic ring is 1. The Labute approximate surface area is 114 Å². The van der Waals surface area contributed by atoms with E-state index < -0.39 is 5.82 Å². The molecule has 0 atom stereocenters. The molecule has 1 aromatic rings. The van der Waals surface area contributed by atoms with Crippen LogP contribution in [0.5, 0.6) is 5.75 Å². The topological polar surface area (TPSA) is 38.5 Å². The lowest BCUT2D eigenvalue weighted by Gasteiger charge is -2.40. The van der Waals surface area contributed by atoms with Gasteiger partial charge in [0.1, 0.15) is 0 Å². The van der Waals surface area contributed by atoms with E-state index in [4.69, 9.17) is 10.5 Å². The van der Waals surface area contributed by atoms with Gasteiger partial charge in [-0.2, -0.15) is 0 Å². The predicted molar refractivity (Wildman–Crippen MR) is 77.2 cm³/mol. The normalized spacial score (nSPS) is 18.4. The third-order valence-corrected chi connectivity index (χ3v) is 4.47. The standard InChI is InChI=1S/C15H23FN2O/c1-4-15(2)5-7-18(8-6-15)13-10-14(19-3)11(16)9-12(13)17/h9-10H,4-8,17H2,1-3H3. The largest absolute Gasteiger partial charge is 0.494 e. The summed E-state index contributed by atoms with van der Waals surface area (Å²) in [6.07, 6.45) is 3.48. The molecule has 1 aliphatic rings.